The molecular formula is C21H29IN6S. The second kappa shape index (κ2) is 12.6. The number of benzene rings is 1. The fraction of sp³-hybridized carbons (Fsp3) is 0.381. The van der Waals surface area contributed by atoms with E-state index in [1.54, 1.807) is 17.7 Å². The molecule has 2 N–H and O–H groups in total. The van der Waals surface area contributed by atoms with Crippen molar-refractivity contribution in [3.8, 4) is 0 Å². The Balaban J connectivity index is 0.00000300. The Morgan fingerprint density at radius 3 is 2.72 bits per heavy atom. The van der Waals surface area contributed by atoms with E-state index in [2.05, 4.69) is 81.0 Å². The first-order valence-electron chi connectivity index (χ1n) is 9.72. The smallest absolute Gasteiger partial charge is 0.191 e. The first-order valence-corrected chi connectivity index (χ1v) is 10.6. The van der Waals surface area contributed by atoms with Crippen molar-refractivity contribution < 1.29 is 0 Å². The molecule has 156 valence electrons. The predicted molar refractivity (Wildman–Crippen MR) is 131 cm³/mol. The third-order valence-electron chi connectivity index (χ3n) is 4.57. The van der Waals surface area contributed by atoms with Crippen molar-refractivity contribution in [2.24, 2.45) is 4.99 Å². The van der Waals surface area contributed by atoms with Gasteiger partial charge in [-0.3, -0.25) is 0 Å². The molecule has 8 heteroatoms. The largest absolute Gasteiger partial charge is 0.356 e. The Morgan fingerprint density at radius 2 is 1.97 bits per heavy atom. The number of aromatic nitrogens is 3. The minimum Gasteiger partial charge on any atom is -0.356 e. The maximum atomic E-state index is 4.79. The van der Waals surface area contributed by atoms with Crippen LogP contribution in [0, 0.1) is 6.92 Å². The maximum absolute atomic E-state index is 4.79. The van der Waals surface area contributed by atoms with Crippen LogP contribution < -0.4 is 10.6 Å². The van der Waals surface area contributed by atoms with Gasteiger partial charge in [0.25, 0.3) is 0 Å². The molecule has 0 spiro atoms. The maximum Gasteiger partial charge on any atom is 0.191 e. The highest BCUT2D eigenvalue weighted by atomic mass is 127. The number of halogens is 1. The van der Waals surface area contributed by atoms with Gasteiger partial charge in [-0.1, -0.05) is 37.3 Å². The van der Waals surface area contributed by atoms with Crippen molar-refractivity contribution in [1.82, 2.24) is 25.4 Å². The predicted octanol–water partition coefficient (Wildman–Crippen LogP) is 3.81. The number of rotatable bonds is 9. The Labute approximate surface area is 193 Å². The van der Waals surface area contributed by atoms with Crippen LogP contribution in [-0.4, -0.2) is 33.8 Å². The summed E-state index contributed by atoms with van der Waals surface area (Å²) >= 11 is 1.79. The zero-order chi connectivity index (χ0) is 19.6. The third-order valence-corrected chi connectivity index (χ3v) is 5.51. The molecule has 6 nitrogen and oxygen atoms in total. The van der Waals surface area contributed by atoms with Crippen LogP contribution in [0.3, 0.4) is 0 Å². The normalized spacial score (nSPS) is 11.2. The van der Waals surface area contributed by atoms with Gasteiger partial charge in [0.2, 0.25) is 0 Å². The van der Waals surface area contributed by atoms with Crippen molar-refractivity contribution in [3.05, 3.63) is 69.9 Å². The molecule has 0 aliphatic carbocycles. The summed E-state index contributed by atoms with van der Waals surface area (Å²) in [5.74, 6) is 1.84. The molecule has 0 aliphatic heterocycles. The monoisotopic (exact) mass is 524 g/mol. The van der Waals surface area contributed by atoms with Gasteiger partial charge in [-0.25, -0.2) is 4.99 Å². The van der Waals surface area contributed by atoms with Crippen molar-refractivity contribution >= 4 is 41.3 Å². The average molecular weight is 524 g/mol. The third kappa shape index (κ3) is 7.43. The molecule has 0 fully saturated rings. The number of aryl methyl sites for hydroxylation is 2. The number of hydrogen-bond donors (Lipinski definition) is 2. The lowest BCUT2D eigenvalue weighted by molar-refractivity contribution is 0.631. The summed E-state index contributed by atoms with van der Waals surface area (Å²) in [6, 6.07) is 12.6. The summed E-state index contributed by atoms with van der Waals surface area (Å²) in [7, 11) is 0. The van der Waals surface area contributed by atoms with E-state index in [-0.39, 0.29) is 24.0 Å². The standard InChI is InChI=1S/C21H28N6S.HI/c1-3-20-26-25-16-27(20)13-12-23-21(22-11-10-19-9-6-14-28-19)24-15-18-8-5-4-7-17(18)2;/h4-9,14,16H,3,10-13,15H2,1-2H3,(H2,22,23,24);1H. The highest BCUT2D eigenvalue weighted by molar-refractivity contribution is 14.0. The summed E-state index contributed by atoms with van der Waals surface area (Å²) in [5.41, 5.74) is 2.51. The second-order valence-corrected chi connectivity index (χ2v) is 7.60. The van der Waals surface area contributed by atoms with Gasteiger partial charge >= 0.3 is 0 Å². The minimum absolute atomic E-state index is 0. The van der Waals surface area contributed by atoms with E-state index in [0.717, 1.165) is 44.3 Å². The van der Waals surface area contributed by atoms with E-state index in [1.807, 2.05) is 0 Å². The zero-order valence-corrected chi connectivity index (χ0v) is 20.1. The lowest BCUT2D eigenvalue weighted by atomic mass is 10.1. The van der Waals surface area contributed by atoms with E-state index >= 15 is 0 Å². The number of nitrogens with zero attached hydrogens (tertiary/aromatic N) is 4. The molecule has 29 heavy (non-hydrogen) atoms. The molecule has 2 heterocycles. The Kier molecular flexibility index (Phi) is 10.1. The van der Waals surface area contributed by atoms with Crippen LogP contribution in [0.4, 0.5) is 0 Å². The van der Waals surface area contributed by atoms with Gasteiger partial charge in [0.15, 0.2) is 5.96 Å². The Bertz CT molecular complexity index is 875. The van der Waals surface area contributed by atoms with Gasteiger partial charge in [0.1, 0.15) is 12.2 Å². The van der Waals surface area contributed by atoms with Crippen LogP contribution in [0.25, 0.3) is 0 Å². The number of aliphatic imine (C=N–C) groups is 1. The first-order chi connectivity index (χ1) is 13.8. The SMILES string of the molecule is CCc1nncn1CCNC(=NCc1ccccc1C)NCCc1cccs1.I. The van der Waals surface area contributed by atoms with E-state index in [1.165, 1.54) is 16.0 Å². The number of nitrogens with one attached hydrogen (secondary N) is 2. The zero-order valence-electron chi connectivity index (χ0n) is 17.0. The topological polar surface area (TPSA) is 67.1 Å². The summed E-state index contributed by atoms with van der Waals surface area (Å²) < 4.78 is 2.08. The second-order valence-electron chi connectivity index (χ2n) is 6.57. The van der Waals surface area contributed by atoms with Crippen LogP contribution in [0.1, 0.15) is 28.8 Å². The molecule has 0 radical (unpaired) electrons. The van der Waals surface area contributed by atoms with Gasteiger partial charge in [0.05, 0.1) is 6.54 Å². The molecule has 0 unspecified atom stereocenters. The van der Waals surface area contributed by atoms with E-state index in [9.17, 15) is 0 Å². The van der Waals surface area contributed by atoms with Crippen LogP contribution in [0.5, 0.6) is 0 Å². The summed E-state index contributed by atoms with van der Waals surface area (Å²) in [4.78, 5) is 6.17. The summed E-state index contributed by atoms with van der Waals surface area (Å²) in [6.45, 7) is 7.31. The molecule has 0 amide bonds. The van der Waals surface area contributed by atoms with Crippen molar-refractivity contribution in [2.45, 2.75) is 39.8 Å². The van der Waals surface area contributed by atoms with Crippen LogP contribution in [-0.2, 0) is 25.9 Å². The molecule has 0 saturated heterocycles. The highest BCUT2D eigenvalue weighted by Gasteiger charge is 2.04. The molecular weight excluding hydrogens is 495 g/mol. The minimum atomic E-state index is 0. The molecule has 0 saturated carbocycles. The fourth-order valence-electron chi connectivity index (χ4n) is 2.92. The van der Waals surface area contributed by atoms with Gasteiger partial charge in [0, 0.05) is 30.9 Å². The van der Waals surface area contributed by atoms with Crippen molar-refractivity contribution in [1.29, 1.82) is 0 Å². The van der Waals surface area contributed by atoms with E-state index in [4.69, 9.17) is 4.99 Å². The highest BCUT2D eigenvalue weighted by Crippen LogP contribution is 2.09. The van der Waals surface area contributed by atoms with Gasteiger partial charge in [-0.15, -0.1) is 45.5 Å². The van der Waals surface area contributed by atoms with Gasteiger partial charge in [-0.05, 0) is 35.9 Å². The average Bonchev–Trinajstić information content (AvgIpc) is 3.38. The first kappa shape index (κ1) is 23.3. The Hall–Kier alpha value is -1.94. The molecule has 0 atom stereocenters. The lowest BCUT2D eigenvalue weighted by Gasteiger charge is -2.13. The van der Waals surface area contributed by atoms with E-state index < -0.39 is 0 Å². The van der Waals surface area contributed by atoms with Crippen LogP contribution in [0.2, 0.25) is 0 Å². The lowest BCUT2D eigenvalue weighted by Crippen LogP contribution is -2.40. The van der Waals surface area contributed by atoms with E-state index in [0.29, 0.717) is 6.54 Å². The molecule has 0 aliphatic rings. The molecule has 3 aromatic rings. The van der Waals surface area contributed by atoms with Gasteiger partial charge < -0.3 is 15.2 Å². The van der Waals surface area contributed by atoms with Crippen LogP contribution >= 0.6 is 35.3 Å². The van der Waals surface area contributed by atoms with Crippen molar-refractivity contribution in [3.63, 3.8) is 0 Å². The molecule has 2 aromatic heterocycles. The molecule has 1 aromatic carbocycles. The summed E-state index contributed by atoms with van der Waals surface area (Å²) in [6.07, 6.45) is 3.66. The summed E-state index contributed by atoms with van der Waals surface area (Å²) in [5, 5.41) is 17.2. The fourth-order valence-corrected chi connectivity index (χ4v) is 3.63. The Morgan fingerprint density at radius 1 is 1.14 bits per heavy atom. The van der Waals surface area contributed by atoms with Gasteiger partial charge in [-0.2, -0.15) is 0 Å². The van der Waals surface area contributed by atoms with Crippen LogP contribution in [0.15, 0.2) is 53.1 Å². The molecule has 3 rings (SSSR count). The number of hydrogen-bond acceptors (Lipinski definition) is 4. The number of guanidine groups is 1. The van der Waals surface area contributed by atoms with Crippen molar-refractivity contribution in [2.75, 3.05) is 13.1 Å². The molecule has 0 bridgehead atoms. The quantitative estimate of drug-likeness (QED) is 0.254. The number of thiophene rings is 1.